The molecule has 0 aliphatic heterocycles. The Morgan fingerprint density at radius 1 is 1.33 bits per heavy atom. The first-order valence-electron chi connectivity index (χ1n) is 4.59. The maximum Gasteiger partial charge on any atom is 0.199 e. The predicted molar refractivity (Wildman–Crippen MR) is 64.0 cm³/mol. The Balaban J connectivity index is 2.59. The van der Waals surface area contributed by atoms with Gasteiger partial charge < -0.3 is 10.7 Å². The van der Waals surface area contributed by atoms with E-state index in [1.165, 1.54) is 5.56 Å². The molecule has 0 unspecified atom stereocenters. The van der Waals surface area contributed by atoms with Crippen LogP contribution in [0.3, 0.4) is 0 Å². The molecule has 0 amide bonds. The summed E-state index contributed by atoms with van der Waals surface area (Å²) in [7, 11) is 0. The molecule has 3 nitrogen and oxygen atoms in total. The predicted octanol–water partition coefficient (Wildman–Crippen LogP) is 2.70. The summed E-state index contributed by atoms with van der Waals surface area (Å²) in [5.41, 5.74) is 8.80. The highest BCUT2D eigenvalue weighted by molar-refractivity contribution is 7.71. The van der Waals surface area contributed by atoms with Gasteiger partial charge in [-0.05, 0) is 30.8 Å². The molecule has 0 saturated heterocycles. The molecular weight excluding hydrogens is 206 g/mol. The lowest BCUT2D eigenvalue weighted by Crippen LogP contribution is -1.94. The van der Waals surface area contributed by atoms with Gasteiger partial charge in [0.25, 0.3) is 0 Å². The van der Waals surface area contributed by atoms with E-state index in [1.807, 2.05) is 25.1 Å². The van der Waals surface area contributed by atoms with Gasteiger partial charge in [-0.1, -0.05) is 23.8 Å². The number of nitrogen functional groups attached to an aromatic ring is 1. The lowest BCUT2D eigenvalue weighted by atomic mass is 10.1. The summed E-state index contributed by atoms with van der Waals surface area (Å²) in [6.45, 7) is 2.04. The first-order chi connectivity index (χ1) is 7.15. The maximum atomic E-state index is 5.64. The van der Waals surface area contributed by atoms with Gasteiger partial charge in [0.05, 0.1) is 5.69 Å². The van der Waals surface area contributed by atoms with Crippen LogP contribution in [0.1, 0.15) is 5.56 Å². The molecule has 3 N–H and O–H groups in total. The van der Waals surface area contributed by atoms with Crippen molar-refractivity contribution in [2.75, 3.05) is 5.73 Å². The van der Waals surface area contributed by atoms with Crippen LogP contribution in [0.5, 0.6) is 0 Å². The van der Waals surface area contributed by atoms with Gasteiger partial charge in [-0.2, -0.15) is 0 Å². The number of aromatic nitrogens is 2. The Morgan fingerprint density at radius 3 is 2.80 bits per heavy atom. The number of rotatable bonds is 1. The van der Waals surface area contributed by atoms with E-state index in [9.17, 15) is 0 Å². The standard InChI is InChI=1S/C11H11N3S/c1-7-3-2-4-8(5-7)9-6-10(12)14-11(15)13-9/h2-6H,1H3,(H3,12,13,14,15). The number of nitrogens with zero attached hydrogens (tertiary/aromatic N) is 1. The van der Waals surface area contributed by atoms with Crippen LogP contribution in [0.25, 0.3) is 11.3 Å². The van der Waals surface area contributed by atoms with Crippen molar-refractivity contribution < 1.29 is 0 Å². The number of H-pyrrole nitrogens is 1. The van der Waals surface area contributed by atoms with Crippen LogP contribution >= 0.6 is 12.2 Å². The van der Waals surface area contributed by atoms with E-state index >= 15 is 0 Å². The number of nitrogens with one attached hydrogen (secondary N) is 1. The van der Waals surface area contributed by atoms with E-state index in [1.54, 1.807) is 6.07 Å². The van der Waals surface area contributed by atoms with Crippen LogP contribution < -0.4 is 5.73 Å². The fourth-order valence-electron chi connectivity index (χ4n) is 1.44. The molecule has 15 heavy (non-hydrogen) atoms. The third kappa shape index (κ3) is 2.22. The SMILES string of the molecule is Cc1cccc(-c2cc(N)nc(=S)[nH]2)c1. The summed E-state index contributed by atoms with van der Waals surface area (Å²) >= 11 is 4.97. The Morgan fingerprint density at radius 2 is 2.13 bits per heavy atom. The molecule has 1 aromatic carbocycles. The molecular formula is C11H11N3S. The molecule has 4 heteroatoms. The first-order valence-corrected chi connectivity index (χ1v) is 5.00. The second-order valence-electron chi connectivity index (χ2n) is 3.39. The summed E-state index contributed by atoms with van der Waals surface area (Å²) in [4.78, 5) is 6.93. The summed E-state index contributed by atoms with van der Waals surface area (Å²) in [5, 5.41) is 0. The Bertz CT molecular complexity index is 546. The zero-order valence-electron chi connectivity index (χ0n) is 8.32. The maximum absolute atomic E-state index is 5.64. The quantitative estimate of drug-likeness (QED) is 0.722. The molecule has 0 fully saturated rings. The molecule has 0 aliphatic carbocycles. The fraction of sp³-hybridized carbons (Fsp3) is 0.0909. The highest BCUT2D eigenvalue weighted by Gasteiger charge is 1.99. The third-order valence-corrected chi connectivity index (χ3v) is 2.29. The Hall–Kier alpha value is -1.68. The second kappa shape index (κ2) is 3.82. The number of benzene rings is 1. The minimum absolute atomic E-state index is 0.409. The van der Waals surface area contributed by atoms with Gasteiger partial charge in [-0.15, -0.1) is 0 Å². The van der Waals surface area contributed by atoms with Crippen LogP contribution in [0.4, 0.5) is 5.82 Å². The number of aryl methyl sites for hydroxylation is 1. The Kier molecular flexibility index (Phi) is 2.51. The van der Waals surface area contributed by atoms with Gasteiger partial charge in [0.1, 0.15) is 5.82 Å². The molecule has 2 rings (SSSR count). The molecule has 0 aliphatic rings. The summed E-state index contributed by atoms with van der Waals surface area (Å²) < 4.78 is 0.409. The lowest BCUT2D eigenvalue weighted by molar-refractivity contribution is 1.15. The average Bonchev–Trinajstić information content (AvgIpc) is 2.16. The number of hydrogen-bond donors (Lipinski definition) is 2. The van der Waals surface area contributed by atoms with Gasteiger partial charge in [-0.25, -0.2) is 4.98 Å². The monoisotopic (exact) mass is 217 g/mol. The van der Waals surface area contributed by atoms with Gasteiger partial charge in [0.15, 0.2) is 4.77 Å². The summed E-state index contributed by atoms with van der Waals surface area (Å²) in [6.07, 6.45) is 0. The van der Waals surface area contributed by atoms with E-state index in [0.717, 1.165) is 11.3 Å². The van der Waals surface area contributed by atoms with E-state index in [0.29, 0.717) is 10.6 Å². The lowest BCUT2D eigenvalue weighted by Gasteiger charge is -2.03. The van der Waals surface area contributed by atoms with Crippen LogP contribution in [0.15, 0.2) is 30.3 Å². The molecule has 0 radical (unpaired) electrons. The van der Waals surface area contributed by atoms with Gasteiger partial charge in [0, 0.05) is 6.07 Å². The van der Waals surface area contributed by atoms with E-state index in [2.05, 4.69) is 16.0 Å². The fourth-order valence-corrected chi connectivity index (χ4v) is 1.66. The van der Waals surface area contributed by atoms with Gasteiger partial charge >= 0.3 is 0 Å². The van der Waals surface area contributed by atoms with Crippen molar-refractivity contribution in [1.29, 1.82) is 0 Å². The Labute approximate surface area is 93.0 Å². The van der Waals surface area contributed by atoms with Crippen LogP contribution in [0.2, 0.25) is 0 Å². The van der Waals surface area contributed by atoms with Crippen molar-refractivity contribution in [2.24, 2.45) is 0 Å². The molecule has 0 atom stereocenters. The molecule has 0 saturated carbocycles. The second-order valence-corrected chi connectivity index (χ2v) is 3.78. The zero-order valence-corrected chi connectivity index (χ0v) is 9.14. The highest BCUT2D eigenvalue weighted by atomic mass is 32.1. The van der Waals surface area contributed by atoms with E-state index < -0.39 is 0 Å². The molecule has 0 spiro atoms. The average molecular weight is 217 g/mol. The number of nitrogens with two attached hydrogens (primary N) is 1. The number of anilines is 1. The normalized spacial score (nSPS) is 10.2. The zero-order chi connectivity index (χ0) is 10.8. The molecule has 1 heterocycles. The summed E-state index contributed by atoms with van der Waals surface area (Å²) in [5.74, 6) is 0.440. The van der Waals surface area contributed by atoms with Crippen molar-refractivity contribution in [3.63, 3.8) is 0 Å². The van der Waals surface area contributed by atoms with Crippen molar-refractivity contribution in [1.82, 2.24) is 9.97 Å². The van der Waals surface area contributed by atoms with Crippen molar-refractivity contribution >= 4 is 18.0 Å². The minimum Gasteiger partial charge on any atom is -0.384 e. The van der Waals surface area contributed by atoms with Crippen molar-refractivity contribution in [3.8, 4) is 11.3 Å². The largest absolute Gasteiger partial charge is 0.384 e. The molecule has 1 aromatic heterocycles. The van der Waals surface area contributed by atoms with Crippen molar-refractivity contribution in [2.45, 2.75) is 6.92 Å². The van der Waals surface area contributed by atoms with Crippen LogP contribution in [-0.2, 0) is 0 Å². The number of aromatic amines is 1. The molecule has 2 aromatic rings. The van der Waals surface area contributed by atoms with E-state index in [4.69, 9.17) is 18.0 Å². The highest BCUT2D eigenvalue weighted by Crippen LogP contribution is 2.18. The summed E-state index contributed by atoms with van der Waals surface area (Å²) in [6, 6.07) is 9.90. The van der Waals surface area contributed by atoms with Crippen molar-refractivity contribution in [3.05, 3.63) is 40.7 Å². The van der Waals surface area contributed by atoms with Gasteiger partial charge in [-0.3, -0.25) is 0 Å². The molecule has 76 valence electrons. The molecule has 0 bridgehead atoms. The minimum atomic E-state index is 0.409. The third-order valence-electron chi connectivity index (χ3n) is 2.09. The smallest absolute Gasteiger partial charge is 0.199 e. The first kappa shape index (κ1) is 9.86. The van der Waals surface area contributed by atoms with Crippen LogP contribution in [0, 0.1) is 11.7 Å². The van der Waals surface area contributed by atoms with Crippen LogP contribution in [-0.4, -0.2) is 9.97 Å². The van der Waals surface area contributed by atoms with E-state index in [-0.39, 0.29) is 0 Å². The topological polar surface area (TPSA) is 54.7 Å². The number of hydrogen-bond acceptors (Lipinski definition) is 3. The van der Waals surface area contributed by atoms with Gasteiger partial charge in [0.2, 0.25) is 0 Å².